The van der Waals surface area contributed by atoms with Gasteiger partial charge < -0.3 is 24.7 Å². The Hall–Kier alpha value is -3.67. The van der Waals surface area contributed by atoms with Crippen molar-refractivity contribution in [1.82, 2.24) is 19.9 Å². The molecule has 1 aliphatic rings. The van der Waals surface area contributed by atoms with Gasteiger partial charge in [-0.15, -0.1) is 11.3 Å². The summed E-state index contributed by atoms with van der Waals surface area (Å²) in [6.45, 7) is 10.7. The van der Waals surface area contributed by atoms with E-state index in [0.717, 1.165) is 11.1 Å². The number of thiazole rings is 1. The summed E-state index contributed by atoms with van der Waals surface area (Å²) in [5.41, 5.74) is 2.79. The van der Waals surface area contributed by atoms with Crippen LogP contribution in [0.25, 0.3) is 17.3 Å². The Morgan fingerprint density at radius 1 is 1.27 bits per heavy atom. The number of nitrogens with zero attached hydrogens (tertiary/aromatic N) is 3. The number of hydrogen-bond acceptors (Lipinski definition) is 8. The lowest BCUT2D eigenvalue weighted by Gasteiger charge is -2.39. The summed E-state index contributed by atoms with van der Waals surface area (Å²) < 4.78 is 12.3. The highest BCUT2D eigenvalue weighted by Crippen LogP contribution is 2.28. The first-order valence-electron chi connectivity index (χ1n) is 13.1. The average Bonchev–Trinajstić information content (AvgIpc) is 3.58. The van der Waals surface area contributed by atoms with Crippen molar-refractivity contribution in [2.45, 2.75) is 52.6 Å². The van der Waals surface area contributed by atoms with Crippen molar-refractivity contribution in [3.63, 3.8) is 0 Å². The molecule has 214 valence electrons. The van der Waals surface area contributed by atoms with E-state index in [0.29, 0.717) is 29.6 Å². The molecule has 2 N–H and O–H groups in total. The molecule has 3 heterocycles. The zero-order valence-corrected chi connectivity index (χ0v) is 24.6. The van der Waals surface area contributed by atoms with Crippen LogP contribution < -0.4 is 10.6 Å². The molecule has 0 radical (unpaired) electrons. The Labute approximate surface area is 238 Å². The highest BCUT2D eigenvalue weighted by atomic mass is 32.1. The van der Waals surface area contributed by atoms with Crippen molar-refractivity contribution >= 4 is 40.1 Å². The summed E-state index contributed by atoms with van der Waals surface area (Å²) in [6.07, 6.45) is 8.23. The molecule has 1 unspecified atom stereocenters. The molecule has 0 bridgehead atoms. The number of anilines is 1. The van der Waals surface area contributed by atoms with Crippen LogP contribution in [0.4, 0.5) is 5.13 Å². The van der Waals surface area contributed by atoms with Gasteiger partial charge >= 0.3 is 0 Å². The van der Waals surface area contributed by atoms with E-state index in [1.54, 1.807) is 24.0 Å². The second-order valence-corrected chi connectivity index (χ2v) is 10.6. The third-order valence-electron chi connectivity index (χ3n) is 6.03. The highest BCUT2D eigenvalue weighted by Gasteiger charge is 2.35. The van der Waals surface area contributed by atoms with Gasteiger partial charge in [-0.1, -0.05) is 44.6 Å². The quantitative estimate of drug-likeness (QED) is 0.338. The van der Waals surface area contributed by atoms with Crippen LogP contribution in [0.1, 0.15) is 67.4 Å². The van der Waals surface area contributed by atoms with Crippen LogP contribution in [0.3, 0.4) is 0 Å². The summed E-state index contributed by atoms with van der Waals surface area (Å²) >= 11 is 1.24. The normalized spacial score (nSPS) is 14.6. The maximum Gasteiger partial charge on any atom is 0.272 e. The first-order valence-corrected chi connectivity index (χ1v) is 14.0. The number of methoxy groups -OCH3 is 1. The number of ether oxygens (including phenoxy) is 2. The molecule has 1 fully saturated rings. The van der Waals surface area contributed by atoms with Gasteiger partial charge in [0.15, 0.2) is 10.9 Å². The number of carbonyl (C=O) groups excluding carboxylic acids is 3. The van der Waals surface area contributed by atoms with Gasteiger partial charge in [0.1, 0.15) is 11.7 Å². The third kappa shape index (κ3) is 7.50. The standard InChI is InChI=1S/C26H29N5O5S.C3H8/c1-5-6-17-7-8-18(9-19(17)16(2)32)22-12-37-25(29-22)30-24(34)21(11-35-4)28-23(33)20-10-31(15-27-20)26(3)13-36-14-26;1-3-2/h5-10,12,15,21H,11,13-14H2,1-4H3,(H,28,33)(H,29,30,34);3H2,1-2H3/b6-5-;. The molecule has 4 rings (SSSR count). The van der Waals surface area contributed by atoms with Gasteiger partial charge in [-0.2, -0.15) is 0 Å². The summed E-state index contributed by atoms with van der Waals surface area (Å²) in [6, 6.07) is 4.59. The van der Waals surface area contributed by atoms with Gasteiger partial charge in [0.2, 0.25) is 0 Å². The Bertz CT molecular complexity index is 1360. The van der Waals surface area contributed by atoms with Gasteiger partial charge in [0.05, 0.1) is 37.4 Å². The second kappa shape index (κ2) is 14.1. The van der Waals surface area contributed by atoms with Crippen LogP contribution in [-0.2, 0) is 19.8 Å². The Balaban J connectivity index is 0.00000141. The van der Waals surface area contributed by atoms with E-state index < -0.39 is 17.9 Å². The highest BCUT2D eigenvalue weighted by molar-refractivity contribution is 7.14. The molecule has 1 atom stereocenters. The number of aromatic nitrogens is 3. The van der Waals surface area contributed by atoms with E-state index in [4.69, 9.17) is 9.47 Å². The zero-order chi connectivity index (χ0) is 29.3. The predicted molar refractivity (Wildman–Crippen MR) is 157 cm³/mol. The molecule has 1 aliphatic heterocycles. The molecule has 3 aromatic rings. The van der Waals surface area contributed by atoms with Crippen LogP contribution >= 0.6 is 11.3 Å². The van der Waals surface area contributed by atoms with Gasteiger partial charge in [-0.3, -0.25) is 14.4 Å². The first-order chi connectivity index (χ1) is 19.1. The summed E-state index contributed by atoms with van der Waals surface area (Å²) in [7, 11) is 1.45. The van der Waals surface area contributed by atoms with Gasteiger partial charge in [0, 0.05) is 29.8 Å². The lowest BCUT2D eigenvalue weighted by Crippen LogP contribution is -2.48. The number of Topliss-reactive ketones (excluding diaryl/α,β-unsaturated/α-hetero) is 1. The van der Waals surface area contributed by atoms with E-state index in [1.165, 1.54) is 31.8 Å². The summed E-state index contributed by atoms with van der Waals surface area (Å²) in [4.78, 5) is 46.5. The van der Waals surface area contributed by atoms with Gasteiger partial charge in [-0.25, -0.2) is 9.97 Å². The first kappa shape index (κ1) is 30.9. The number of rotatable bonds is 10. The molecule has 2 aromatic heterocycles. The lowest BCUT2D eigenvalue weighted by molar-refractivity contribution is -0.119. The number of allylic oxidation sites excluding steroid dienone is 1. The van der Waals surface area contributed by atoms with Crippen molar-refractivity contribution in [2.24, 2.45) is 0 Å². The molecule has 0 saturated carbocycles. The van der Waals surface area contributed by atoms with E-state index in [2.05, 4.69) is 34.4 Å². The van der Waals surface area contributed by atoms with E-state index in [9.17, 15) is 14.4 Å². The summed E-state index contributed by atoms with van der Waals surface area (Å²) in [5, 5.41) is 7.58. The number of benzene rings is 1. The predicted octanol–water partition coefficient (Wildman–Crippen LogP) is 4.79. The molecule has 0 aliphatic carbocycles. The van der Waals surface area contributed by atoms with Crippen molar-refractivity contribution < 1.29 is 23.9 Å². The Kier molecular flexibility index (Phi) is 10.9. The second-order valence-electron chi connectivity index (χ2n) is 9.73. The molecule has 0 spiro atoms. The van der Waals surface area contributed by atoms with Crippen molar-refractivity contribution in [3.8, 4) is 11.3 Å². The zero-order valence-electron chi connectivity index (χ0n) is 23.8. The van der Waals surface area contributed by atoms with Crippen LogP contribution in [0.15, 0.2) is 42.2 Å². The molecule has 2 amide bonds. The number of carbonyl (C=O) groups is 3. The number of amides is 2. The van der Waals surface area contributed by atoms with Crippen LogP contribution in [0.5, 0.6) is 0 Å². The topological polar surface area (TPSA) is 124 Å². The fourth-order valence-corrected chi connectivity index (χ4v) is 4.59. The minimum absolute atomic E-state index is 0.0313. The average molecular weight is 568 g/mol. The lowest BCUT2D eigenvalue weighted by atomic mass is 9.99. The number of ketones is 1. The molecule has 11 heteroatoms. The Morgan fingerprint density at radius 2 is 2.00 bits per heavy atom. The molecular formula is C29H37N5O5S. The smallest absolute Gasteiger partial charge is 0.272 e. The van der Waals surface area contributed by atoms with E-state index in [-0.39, 0.29) is 23.6 Å². The fraction of sp³-hybridized carbons (Fsp3) is 0.414. The largest absolute Gasteiger partial charge is 0.382 e. The Morgan fingerprint density at radius 3 is 2.60 bits per heavy atom. The number of imidazole rings is 1. The van der Waals surface area contributed by atoms with Crippen molar-refractivity contribution in [2.75, 3.05) is 32.2 Å². The maximum absolute atomic E-state index is 13.0. The fourth-order valence-electron chi connectivity index (χ4n) is 3.87. The monoisotopic (exact) mass is 567 g/mol. The van der Waals surface area contributed by atoms with E-state index >= 15 is 0 Å². The number of nitrogens with one attached hydrogen (secondary N) is 2. The van der Waals surface area contributed by atoms with Gasteiger partial charge in [-0.05, 0) is 32.4 Å². The van der Waals surface area contributed by atoms with Crippen LogP contribution in [0, 0.1) is 0 Å². The van der Waals surface area contributed by atoms with Crippen molar-refractivity contribution in [1.29, 1.82) is 0 Å². The van der Waals surface area contributed by atoms with Crippen LogP contribution in [-0.4, -0.2) is 65.1 Å². The molecular weight excluding hydrogens is 530 g/mol. The SMILES string of the molecule is C/C=C\c1ccc(-c2csc(NC(=O)C(COC)NC(=O)c3cn(C4(C)COC4)cn3)n2)cc1C(C)=O.CCC. The van der Waals surface area contributed by atoms with Crippen LogP contribution in [0.2, 0.25) is 0 Å². The number of hydrogen-bond donors (Lipinski definition) is 2. The van der Waals surface area contributed by atoms with Crippen molar-refractivity contribution in [3.05, 3.63) is 59.0 Å². The molecule has 40 heavy (non-hydrogen) atoms. The van der Waals surface area contributed by atoms with Gasteiger partial charge in [0.25, 0.3) is 11.8 Å². The van der Waals surface area contributed by atoms with E-state index in [1.807, 2.05) is 42.7 Å². The molecule has 1 aromatic carbocycles. The minimum Gasteiger partial charge on any atom is -0.382 e. The molecule has 10 nitrogen and oxygen atoms in total. The third-order valence-corrected chi connectivity index (χ3v) is 6.79. The molecule has 1 saturated heterocycles. The summed E-state index contributed by atoms with van der Waals surface area (Å²) in [5.74, 6) is -1.00. The maximum atomic E-state index is 13.0. The minimum atomic E-state index is -0.956.